The molecule has 0 aliphatic heterocycles. The number of aryl methyl sites for hydroxylation is 3. The van der Waals surface area contributed by atoms with Gasteiger partial charge < -0.3 is 10.2 Å². The van der Waals surface area contributed by atoms with Gasteiger partial charge in [0.2, 0.25) is 11.8 Å². The lowest BCUT2D eigenvalue weighted by Crippen LogP contribution is -2.50. The number of benzene rings is 2. The van der Waals surface area contributed by atoms with Crippen LogP contribution in [0.5, 0.6) is 0 Å². The van der Waals surface area contributed by atoms with E-state index in [9.17, 15) is 9.59 Å². The van der Waals surface area contributed by atoms with E-state index in [1.54, 1.807) is 4.90 Å². The molecule has 1 aliphatic rings. The molecule has 2 amide bonds. The van der Waals surface area contributed by atoms with E-state index in [2.05, 4.69) is 42.6 Å². The Bertz CT molecular complexity index is 869. The smallest absolute Gasteiger partial charge is 0.242 e. The highest BCUT2D eigenvalue weighted by Crippen LogP contribution is 2.19. The average Bonchev–Trinajstić information content (AvgIpc) is 2.77. The zero-order valence-corrected chi connectivity index (χ0v) is 19.2. The van der Waals surface area contributed by atoms with Crippen LogP contribution in [-0.2, 0) is 22.6 Å². The highest BCUT2D eigenvalue weighted by Gasteiger charge is 2.27. The summed E-state index contributed by atoms with van der Waals surface area (Å²) < 4.78 is 0. The number of nitrogens with one attached hydrogen (secondary N) is 1. The number of rotatable bonds is 8. The third kappa shape index (κ3) is 6.95. The molecule has 0 bridgehead atoms. The molecule has 0 heterocycles. The standard InChI is InChI=1S/C27H36N2O2/c1-20-12-14-23(15-13-20)16-17-26(30)29(19-24-9-7-8-21(2)18-24)22(3)27(31)28-25-10-5-4-6-11-25/h7-9,12-15,18,22,25H,4-6,10-11,16-17,19H2,1-3H3,(H,28,31)/t22-/m1/s1. The Morgan fingerprint density at radius 3 is 2.35 bits per heavy atom. The number of carbonyl (C=O) groups excluding carboxylic acids is 2. The zero-order chi connectivity index (χ0) is 22.2. The number of amides is 2. The van der Waals surface area contributed by atoms with Crippen molar-refractivity contribution in [3.05, 3.63) is 70.8 Å². The lowest BCUT2D eigenvalue weighted by atomic mass is 9.95. The topological polar surface area (TPSA) is 49.4 Å². The fourth-order valence-electron chi connectivity index (χ4n) is 4.31. The van der Waals surface area contributed by atoms with Crippen molar-refractivity contribution in [1.82, 2.24) is 10.2 Å². The third-order valence-corrected chi connectivity index (χ3v) is 6.30. The van der Waals surface area contributed by atoms with Crippen LogP contribution in [0.3, 0.4) is 0 Å². The maximum absolute atomic E-state index is 13.3. The summed E-state index contributed by atoms with van der Waals surface area (Å²) in [6, 6.07) is 16.2. The minimum Gasteiger partial charge on any atom is -0.352 e. The van der Waals surface area contributed by atoms with E-state index in [4.69, 9.17) is 0 Å². The van der Waals surface area contributed by atoms with Gasteiger partial charge in [-0.05, 0) is 51.2 Å². The summed E-state index contributed by atoms with van der Waals surface area (Å²) in [7, 11) is 0. The van der Waals surface area contributed by atoms with Gasteiger partial charge in [0.05, 0.1) is 0 Å². The van der Waals surface area contributed by atoms with Crippen molar-refractivity contribution in [2.45, 2.75) is 84.3 Å². The predicted octanol–water partition coefficient (Wildman–Crippen LogP) is 5.10. The maximum atomic E-state index is 13.3. The Balaban J connectivity index is 1.70. The van der Waals surface area contributed by atoms with Crippen LogP contribution < -0.4 is 5.32 Å². The van der Waals surface area contributed by atoms with Gasteiger partial charge in [-0.1, -0.05) is 78.9 Å². The molecule has 0 unspecified atom stereocenters. The summed E-state index contributed by atoms with van der Waals surface area (Å²) in [5, 5.41) is 3.20. The van der Waals surface area contributed by atoms with Crippen LogP contribution in [0.1, 0.15) is 67.7 Å². The fraction of sp³-hybridized carbons (Fsp3) is 0.481. The zero-order valence-electron chi connectivity index (χ0n) is 19.2. The molecule has 0 aromatic heterocycles. The van der Waals surface area contributed by atoms with E-state index >= 15 is 0 Å². The molecular formula is C27H36N2O2. The second-order valence-corrected chi connectivity index (χ2v) is 9.02. The van der Waals surface area contributed by atoms with Crippen LogP contribution >= 0.6 is 0 Å². The predicted molar refractivity (Wildman–Crippen MR) is 126 cm³/mol. The van der Waals surface area contributed by atoms with Gasteiger partial charge in [-0.2, -0.15) is 0 Å². The molecule has 2 aromatic carbocycles. The molecule has 4 heteroatoms. The lowest BCUT2D eigenvalue weighted by Gasteiger charge is -2.31. The summed E-state index contributed by atoms with van der Waals surface area (Å²) in [6.07, 6.45) is 6.74. The van der Waals surface area contributed by atoms with Crippen molar-refractivity contribution >= 4 is 11.8 Å². The van der Waals surface area contributed by atoms with E-state index in [1.807, 2.05) is 32.0 Å². The van der Waals surface area contributed by atoms with Crippen molar-refractivity contribution < 1.29 is 9.59 Å². The van der Waals surface area contributed by atoms with Crippen LogP contribution in [0.4, 0.5) is 0 Å². The Morgan fingerprint density at radius 2 is 1.68 bits per heavy atom. The molecule has 1 aliphatic carbocycles. The molecule has 4 nitrogen and oxygen atoms in total. The number of hydrogen-bond acceptors (Lipinski definition) is 2. The summed E-state index contributed by atoms with van der Waals surface area (Å²) in [5.41, 5.74) is 4.57. The van der Waals surface area contributed by atoms with Gasteiger partial charge >= 0.3 is 0 Å². The highest BCUT2D eigenvalue weighted by atomic mass is 16.2. The number of hydrogen-bond donors (Lipinski definition) is 1. The molecule has 1 atom stereocenters. The number of nitrogens with zero attached hydrogens (tertiary/aromatic N) is 1. The van der Waals surface area contributed by atoms with Gasteiger partial charge in [0.15, 0.2) is 0 Å². The molecule has 3 rings (SSSR count). The Kier molecular flexibility index (Phi) is 8.27. The van der Waals surface area contributed by atoms with E-state index in [0.717, 1.165) is 29.5 Å². The molecule has 0 radical (unpaired) electrons. The van der Waals surface area contributed by atoms with Gasteiger partial charge in [0, 0.05) is 19.0 Å². The van der Waals surface area contributed by atoms with Gasteiger partial charge in [-0.25, -0.2) is 0 Å². The summed E-state index contributed by atoms with van der Waals surface area (Å²) in [6.45, 7) is 6.42. The van der Waals surface area contributed by atoms with Crippen molar-refractivity contribution in [3.63, 3.8) is 0 Å². The van der Waals surface area contributed by atoms with Gasteiger partial charge in [-0.15, -0.1) is 0 Å². The molecule has 2 aromatic rings. The second-order valence-electron chi connectivity index (χ2n) is 9.02. The second kappa shape index (κ2) is 11.1. The molecule has 1 fully saturated rings. The Labute approximate surface area is 187 Å². The van der Waals surface area contributed by atoms with Crippen molar-refractivity contribution in [1.29, 1.82) is 0 Å². The highest BCUT2D eigenvalue weighted by molar-refractivity contribution is 5.87. The Morgan fingerprint density at radius 1 is 0.968 bits per heavy atom. The first-order chi connectivity index (χ1) is 14.9. The van der Waals surface area contributed by atoms with Crippen molar-refractivity contribution in [2.24, 2.45) is 0 Å². The van der Waals surface area contributed by atoms with E-state index in [-0.39, 0.29) is 17.9 Å². The summed E-state index contributed by atoms with van der Waals surface area (Å²) in [4.78, 5) is 28.0. The largest absolute Gasteiger partial charge is 0.352 e. The molecule has 0 spiro atoms. The molecule has 1 saturated carbocycles. The van der Waals surface area contributed by atoms with Crippen LogP contribution in [0.2, 0.25) is 0 Å². The number of carbonyl (C=O) groups is 2. The van der Waals surface area contributed by atoms with Crippen LogP contribution in [0.25, 0.3) is 0 Å². The molecule has 166 valence electrons. The summed E-state index contributed by atoms with van der Waals surface area (Å²) >= 11 is 0. The van der Waals surface area contributed by atoms with Gasteiger partial charge in [0.1, 0.15) is 6.04 Å². The monoisotopic (exact) mass is 420 g/mol. The quantitative estimate of drug-likeness (QED) is 0.646. The fourth-order valence-corrected chi connectivity index (χ4v) is 4.31. The lowest BCUT2D eigenvalue weighted by molar-refractivity contribution is -0.141. The van der Waals surface area contributed by atoms with E-state index in [1.165, 1.54) is 24.8 Å². The first-order valence-electron chi connectivity index (χ1n) is 11.6. The molecule has 0 saturated heterocycles. The van der Waals surface area contributed by atoms with E-state index < -0.39 is 6.04 Å². The van der Waals surface area contributed by atoms with Crippen LogP contribution in [0.15, 0.2) is 48.5 Å². The van der Waals surface area contributed by atoms with Crippen LogP contribution in [0, 0.1) is 13.8 Å². The van der Waals surface area contributed by atoms with Crippen LogP contribution in [-0.4, -0.2) is 28.8 Å². The van der Waals surface area contributed by atoms with Crippen molar-refractivity contribution in [3.8, 4) is 0 Å². The SMILES string of the molecule is Cc1ccc(CCC(=O)N(Cc2cccc(C)c2)[C@H](C)C(=O)NC2CCCCC2)cc1. The third-order valence-electron chi connectivity index (χ3n) is 6.30. The van der Waals surface area contributed by atoms with Crippen molar-refractivity contribution in [2.75, 3.05) is 0 Å². The summed E-state index contributed by atoms with van der Waals surface area (Å²) in [5.74, 6) is -0.0170. The Hall–Kier alpha value is -2.62. The minimum atomic E-state index is -0.493. The molecular weight excluding hydrogens is 384 g/mol. The van der Waals surface area contributed by atoms with Gasteiger partial charge in [0.25, 0.3) is 0 Å². The van der Waals surface area contributed by atoms with Gasteiger partial charge in [-0.3, -0.25) is 9.59 Å². The first kappa shape index (κ1) is 23.1. The normalized spacial score (nSPS) is 15.3. The molecule has 31 heavy (non-hydrogen) atoms. The average molecular weight is 421 g/mol. The van der Waals surface area contributed by atoms with E-state index in [0.29, 0.717) is 19.4 Å². The maximum Gasteiger partial charge on any atom is 0.242 e. The molecule has 1 N–H and O–H groups in total. The first-order valence-corrected chi connectivity index (χ1v) is 11.6. The minimum absolute atomic E-state index is 0.0216.